The second-order valence-corrected chi connectivity index (χ2v) is 7.36. The number of aromatic nitrogens is 1. The quantitative estimate of drug-likeness (QED) is 0.602. The molecular formula is C21H18F2N2O3S. The Bertz CT molecular complexity index is 1080. The summed E-state index contributed by atoms with van der Waals surface area (Å²) in [7, 11) is 0. The van der Waals surface area contributed by atoms with Crippen molar-refractivity contribution in [2.75, 3.05) is 5.32 Å². The standard InChI is InChI=1S/C21H18F2N2O3S/c1-11-4-5-15(8-12(11)2)20(27)28-13(3)19(26)25-21-24-18(10-29-21)14-6-7-16(22)17(23)9-14/h4-10,13H,1-3H3,(H,24,25,26)/t13-/m1/s1. The van der Waals surface area contributed by atoms with Gasteiger partial charge in [-0.15, -0.1) is 11.3 Å². The largest absolute Gasteiger partial charge is 0.449 e. The van der Waals surface area contributed by atoms with Gasteiger partial charge < -0.3 is 4.74 Å². The van der Waals surface area contributed by atoms with Crippen LogP contribution in [0.2, 0.25) is 0 Å². The second kappa shape index (κ2) is 8.48. The number of ether oxygens (including phenoxy) is 1. The molecule has 1 N–H and O–H groups in total. The first-order valence-corrected chi connectivity index (χ1v) is 9.62. The number of carbonyl (C=O) groups excluding carboxylic acids is 2. The van der Waals surface area contributed by atoms with Gasteiger partial charge in [-0.1, -0.05) is 6.07 Å². The van der Waals surface area contributed by atoms with Crippen LogP contribution in [0.1, 0.15) is 28.4 Å². The molecule has 150 valence electrons. The van der Waals surface area contributed by atoms with Crippen LogP contribution < -0.4 is 5.32 Å². The first kappa shape index (κ1) is 20.6. The van der Waals surface area contributed by atoms with Gasteiger partial charge in [-0.3, -0.25) is 10.1 Å². The second-order valence-electron chi connectivity index (χ2n) is 6.50. The van der Waals surface area contributed by atoms with Gasteiger partial charge in [0.2, 0.25) is 0 Å². The first-order chi connectivity index (χ1) is 13.7. The van der Waals surface area contributed by atoms with Crippen molar-refractivity contribution in [3.8, 4) is 11.3 Å². The molecule has 1 amide bonds. The zero-order valence-electron chi connectivity index (χ0n) is 16.0. The molecule has 29 heavy (non-hydrogen) atoms. The third kappa shape index (κ3) is 4.83. The average Bonchev–Trinajstić information content (AvgIpc) is 3.14. The molecule has 8 heteroatoms. The number of hydrogen-bond donors (Lipinski definition) is 1. The maximum atomic E-state index is 13.4. The Morgan fingerprint density at radius 3 is 2.52 bits per heavy atom. The minimum atomic E-state index is -1.04. The monoisotopic (exact) mass is 416 g/mol. The Morgan fingerprint density at radius 2 is 1.83 bits per heavy atom. The number of thiazole rings is 1. The Balaban J connectivity index is 1.63. The molecule has 0 aliphatic carbocycles. The van der Waals surface area contributed by atoms with Gasteiger partial charge in [-0.25, -0.2) is 18.6 Å². The van der Waals surface area contributed by atoms with Gasteiger partial charge >= 0.3 is 5.97 Å². The number of hydrogen-bond acceptors (Lipinski definition) is 5. The molecule has 0 unspecified atom stereocenters. The maximum Gasteiger partial charge on any atom is 0.338 e. The van der Waals surface area contributed by atoms with E-state index in [1.807, 2.05) is 19.9 Å². The molecule has 0 aliphatic rings. The molecule has 1 atom stereocenters. The van der Waals surface area contributed by atoms with Crippen molar-refractivity contribution < 1.29 is 23.1 Å². The van der Waals surface area contributed by atoms with Crippen LogP contribution in [0.3, 0.4) is 0 Å². The highest BCUT2D eigenvalue weighted by Crippen LogP contribution is 2.26. The van der Waals surface area contributed by atoms with E-state index < -0.39 is 29.6 Å². The molecule has 5 nitrogen and oxygen atoms in total. The lowest BCUT2D eigenvalue weighted by Gasteiger charge is -2.13. The summed E-state index contributed by atoms with van der Waals surface area (Å²) in [6.45, 7) is 5.27. The number of rotatable bonds is 5. The van der Waals surface area contributed by atoms with E-state index in [0.29, 0.717) is 16.8 Å². The van der Waals surface area contributed by atoms with E-state index in [4.69, 9.17) is 4.74 Å². The number of carbonyl (C=O) groups is 2. The molecule has 0 aliphatic heterocycles. The predicted molar refractivity (Wildman–Crippen MR) is 107 cm³/mol. The summed E-state index contributed by atoms with van der Waals surface area (Å²) in [6.07, 6.45) is -1.04. The molecule has 0 saturated heterocycles. The third-order valence-corrected chi connectivity index (χ3v) is 5.10. The molecule has 2 aromatic carbocycles. The normalized spacial score (nSPS) is 11.8. The van der Waals surface area contributed by atoms with Crippen molar-refractivity contribution >= 4 is 28.3 Å². The van der Waals surface area contributed by atoms with Gasteiger partial charge in [0, 0.05) is 10.9 Å². The van der Waals surface area contributed by atoms with E-state index >= 15 is 0 Å². The van der Waals surface area contributed by atoms with E-state index in [-0.39, 0.29) is 5.13 Å². The molecule has 1 heterocycles. The Hall–Kier alpha value is -3.13. The van der Waals surface area contributed by atoms with Crippen LogP contribution in [0.25, 0.3) is 11.3 Å². The molecule has 0 spiro atoms. The number of benzene rings is 2. The van der Waals surface area contributed by atoms with E-state index in [9.17, 15) is 18.4 Å². The molecule has 1 aromatic heterocycles. The van der Waals surface area contributed by atoms with Crippen LogP contribution in [0.15, 0.2) is 41.8 Å². The van der Waals surface area contributed by atoms with E-state index in [1.54, 1.807) is 17.5 Å². The van der Waals surface area contributed by atoms with Crippen LogP contribution >= 0.6 is 11.3 Å². The van der Waals surface area contributed by atoms with Crippen molar-refractivity contribution in [3.63, 3.8) is 0 Å². The third-order valence-electron chi connectivity index (χ3n) is 4.35. The van der Waals surface area contributed by atoms with Crippen molar-refractivity contribution in [2.45, 2.75) is 26.9 Å². The Morgan fingerprint density at radius 1 is 1.07 bits per heavy atom. The predicted octanol–water partition coefficient (Wildman–Crippen LogP) is 4.89. The molecule has 0 saturated carbocycles. The first-order valence-electron chi connectivity index (χ1n) is 8.74. The Labute approximate surface area is 170 Å². The number of halogens is 2. The summed E-state index contributed by atoms with van der Waals surface area (Å²) in [5.74, 6) is -3.07. The molecule has 3 rings (SSSR count). The minimum absolute atomic E-state index is 0.254. The van der Waals surface area contributed by atoms with Crippen molar-refractivity contribution in [3.05, 3.63) is 70.1 Å². The summed E-state index contributed by atoms with van der Waals surface area (Å²) in [5, 5.41) is 4.42. The number of esters is 1. The molecule has 3 aromatic rings. The average molecular weight is 416 g/mol. The Kier molecular flexibility index (Phi) is 6.03. The summed E-state index contributed by atoms with van der Waals surface area (Å²) in [4.78, 5) is 28.7. The van der Waals surface area contributed by atoms with Crippen LogP contribution in [0.4, 0.5) is 13.9 Å². The lowest BCUT2D eigenvalue weighted by Crippen LogP contribution is -2.30. The van der Waals surface area contributed by atoms with Gasteiger partial charge in [-0.05, 0) is 62.2 Å². The maximum absolute atomic E-state index is 13.4. The van der Waals surface area contributed by atoms with Gasteiger partial charge in [0.1, 0.15) is 0 Å². The van der Waals surface area contributed by atoms with Gasteiger partial charge in [-0.2, -0.15) is 0 Å². The molecule has 0 fully saturated rings. The van der Waals surface area contributed by atoms with Gasteiger partial charge in [0.05, 0.1) is 11.3 Å². The van der Waals surface area contributed by atoms with E-state index in [1.165, 1.54) is 13.0 Å². The number of nitrogens with one attached hydrogen (secondary N) is 1. The van der Waals surface area contributed by atoms with Crippen molar-refractivity contribution in [1.29, 1.82) is 0 Å². The lowest BCUT2D eigenvalue weighted by atomic mass is 10.1. The highest BCUT2D eigenvalue weighted by Gasteiger charge is 2.20. The zero-order valence-corrected chi connectivity index (χ0v) is 16.8. The number of amides is 1. The molecule has 0 radical (unpaired) electrons. The highest BCUT2D eigenvalue weighted by molar-refractivity contribution is 7.14. The number of aryl methyl sites for hydroxylation is 2. The van der Waals surface area contributed by atoms with Crippen molar-refractivity contribution in [1.82, 2.24) is 4.98 Å². The van der Waals surface area contributed by atoms with Crippen molar-refractivity contribution in [2.24, 2.45) is 0 Å². The van der Waals surface area contributed by atoms with Gasteiger partial charge in [0.25, 0.3) is 5.91 Å². The highest BCUT2D eigenvalue weighted by atomic mass is 32.1. The smallest absolute Gasteiger partial charge is 0.338 e. The fourth-order valence-electron chi connectivity index (χ4n) is 2.48. The fraction of sp³-hybridized carbons (Fsp3) is 0.190. The van der Waals surface area contributed by atoms with E-state index in [2.05, 4.69) is 10.3 Å². The SMILES string of the molecule is Cc1ccc(C(=O)O[C@H](C)C(=O)Nc2nc(-c3ccc(F)c(F)c3)cs2)cc1C. The van der Waals surface area contributed by atoms with Crippen LogP contribution in [-0.2, 0) is 9.53 Å². The van der Waals surface area contributed by atoms with E-state index in [0.717, 1.165) is 34.6 Å². The summed E-state index contributed by atoms with van der Waals surface area (Å²) < 4.78 is 31.7. The summed E-state index contributed by atoms with van der Waals surface area (Å²) in [6, 6.07) is 8.60. The topological polar surface area (TPSA) is 68.3 Å². The number of anilines is 1. The van der Waals surface area contributed by atoms with Crippen LogP contribution in [-0.4, -0.2) is 23.0 Å². The number of nitrogens with zero attached hydrogens (tertiary/aromatic N) is 1. The van der Waals surface area contributed by atoms with Crippen LogP contribution in [0.5, 0.6) is 0 Å². The minimum Gasteiger partial charge on any atom is -0.449 e. The molecular weight excluding hydrogens is 398 g/mol. The van der Waals surface area contributed by atoms with Gasteiger partial charge in [0.15, 0.2) is 22.9 Å². The lowest BCUT2D eigenvalue weighted by molar-refractivity contribution is -0.123. The molecule has 0 bridgehead atoms. The summed E-state index contributed by atoms with van der Waals surface area (Å²) in [5.41, 5.74) is 3.14. The summed E-state index contributed by atoms with van der Waals surface area (Å²) >= 11 is 1.12. The zero-order chi connectivity index (χ0) is 21.1. The fourth-order valence-corrected chi connectivity index (χ4v) is 3.20. The van der Waals surface area contributed by atoms with Crippen LogP contribution in [0, 0.1) is 25.5 Å².